The highest BCUT2D eigenvalue weighted by Gasteiger charge is 1.66. The molecule has 0 atom stereocenters. The third-order valence-electron chi connectivity index (χ3n) is 0.470. The molecule has 0 heterocycles. The average Bonchev–Trinajstić information content (AvgIpc) is 1.66. The Morgan fingerprint density at radius 3 is 2.75 bits per heavy atom. The summed E-state index contributed by atoms with van der Waals surface area (Å²) in [5.41, 5.74) is 5.94. The summed E-state index contributed by atoms with van der Waals surface area (Å²) < 4.78 is 0. The normalized spacial score (nSPS) is 12.4. The van der Waals surface area contributed by atoms with Crippen LogP contribution in [-0.4, -0.2) is 6.21 Å². The van der Waals surface area contributed by atoms with Gasteiger partial charge in [-0.25, -0.2) is 0 Å². The molecule has 0 aliphatic heterocycles. The van der Waals surface area contributed by atoms with Crippen LogP contribution < -0.4 is 5.73 Å². The first kappa shape index (κ1) is 6.95. The minimum atomic E-state index is 0.697. The third kappa shape index (κ3) is 4.95. The van der Waals surface area contributed by atoms with Gasteiger partial charge in [0, 0.05) is 18.1 Å². The summed E-state index contributed by atoms with van der Waals surface area (Å²) in [6, 6.07) is 0. The van der Waals surface area contributed by atoms with Crippen molar-refractivity contribution in [1.82, 2.24) is 0 Å². The van der Waals surface area contributed by atoms with Gasteiger partial charge in [-0.1, -0.05) is 12.7 Å². The molecule has 0 aromatic heterocycles. The highest BCUT2D eigenvalue weighted by atomic mass is 14.7. The molecule has 0 saturated carbocycles. The summed E-state index contributed by atoms with van der Waals surface area (Å²) in [6.07, 6.45) is 4.75. The Balaban J connectivity index is 3.57. The average molecular weight is 110 g/mol. The van der Waals surface area contributed by atoms with Crippen LogP contribution in [0.2, 0.25) is 0 Å². The van der Waals surface area contributed by atoms with Crippen LogP contribution in [0.25, 0.3) is 0 Å². The molecular formula is C6H10N2. The molecule has 0 spiro atoms. The van der Waals surface area contributed by atoms with E-state index in [9.17, 15) is 0 Å². The van der Waals surface area contributed by atoms with E-state index in [1.165, 1.54) is 0 Å². The quantitative estimate of drug-likeness (QED) is 0.530. The van der Waals surface area contributed by atoms with Crippen molar-refractivity contribution in [2.75, 3.05) is 0 Å². The molecule has 0 aromatic rings. The lowest BCUT2D eigenvalue weighted by atomic mass is 10.6. The van der Waals surface area contributed by atoms with E-state index in [2.05, 4.69) is 11.6 Å². The zero-order valence-corrected chi connectivity index (χ0v) is 4.96. The summed E-state index contributed by atoms with van der Waals surface area (Å²) >= 11 is 0. The Bertz CT molecular complexity index is 118. The first-order chi connectivity index (χ1) is 3.77. The Morgan fingerprint density at radius 1 is 1.75 bits per heavy atom. The highest BCUT2D eigenvalue weighted by molar-refractivity contribution is 5.70. The van der Waals surface area contributed by atoms with Crippen molar-refractivity contribution < 1.29 is 0 Å². The highest BCUT2D eigenvalue weighted by Crippen LogP contribution is 1.77. The number of rotatable bonds is 2. The molecule has 0 bridgehead atoms. The van der Waals surface area contributed by atoms with Crippen LogP contribution in [0.15, 0.2) is 29.5 Å². The van der Waals surface area contributed by atoms with Crippen molar-refractivity contribution in [3.8, 4) is 0 Å². The molecule has 2 nitrogen and oxygen atoms in total. The SMILES string of the molecule is C=CC=N/C=C(\C)N. The molecule has 0 aromatic carbocycles. The van der Waals surface area contributed by atoms with Crippen LogP contribution in [-0.2, 0) is 0 Å². The van der Waals surface area contributed by atoms with Gasteiger partial charge in [0.15, 0.2) is 0 Å². The van der Waals surface area contributed by atoms with E-state index >= 15 is 0 Å². The van der Waals surface area contributed by atoms with E-state index in [0.29, 0.717) is 5.70 Å². The summed E-state index contributed by atoms with van der Waals surface area (Å²) in [5, 5.41) is 0. The molecule has 0 aliphatic rings. The maximum atomic E-state index is 5.25. The molecule has 0 rings (SSSR count). The molecule has 44 valence electrons. The van der Waals surface area contributed by atoms with E-state index in [1.807, 2.05) is 0 Å². The minimum absolute atomic E-state index is 0.697. The van der Waals surface area contributed by atoms with Crippen LogP contribution in [0.4, 0.5) is 0 Å². The molecule has 0 aliphatic carbocycles. The lowest BCUT2D eigenvalue weighted by Crippen LogP contribution is -1.87. The van der Waals surface area contributed by atoms with Crippen molar-refractivity contribution in [3.05, 3.63) is 24.6 Å². The molecule has 2 N–H and O–H groups in total. The zero-order valence-electron chi connectivity index (χ0n) is 4.96. The van der Waals surface area contributed by atoms with Gasteiger partial charge in [-0.2, -0.15) is 0 Å². The fourth-order valence-electron chi connectivity index (χ4n) is 0.221. The molecule has 8 heavy (non-hydrogen) atoms. The number of aliphatic imine (C=N–C) groups is 1. The summed E-state index contributed by atoms with van der Waals surface area (Å²) in [7, 11) is 0. The second kappa shape index (κ2) is 4.12. The monoisotopic (exact) mass is 110 g/mol. The predicted octanol–water partition coefficient (Wildman–Crippen LogP) is 1.06. The molecule has 0 fully saturated rings. The second-order valence-corrected chi connectivity index (χ2v) is 1.41. The first-order valence-corrected chi connectivity index (χ1v) is 2.34. The van der Waals surface area contributed by atoms with E-state index in [-0.39, 0.29) is 0 Å². The van der Waals surface area contributed by atoms with Crippen LogP contribution in [0.5, 0.6) is 0 Å². The van der Waals surface area contributed by atoms with Gasteiger partial charge in [-0.3, -0.25) is 4.99 Å². The fraction of sp³-hybridized carbons (Fsp3) is 0.167. The number of hydrogen-bond acceptors (Lipinski definition) is 2. The largest absolute Gasteiger partial charge is 0.401 e. The molecule has 0 unspecified atom stereocenters. The number of allylic oxidation sites excluding steroid dienone is 2. The Hall–Kier alpha value is -1.05. The summed E-state index contributed by atoms with van der Waals surface area (Å²) in [4.78, 5) is 3.76. The van der Waals surface area contributed by atoms with E-state index in [1.54, 1.807) is 25.4 Å². The van der Waals surface area contributed by atoms with E-state index in [4.69, 9.17) is 5.73 Å². The lowest BCUT2D eigenvalue weighted by Gasteiger charge is -1.80. The lowest BCUT2D eigenvalue weighted by molar-refractivity contribution is 1.28. The summed E-state index contributed by atoms with van der Waals surface area (Å²) in [6.45, 7) is 5.22. The van der Waals surface area contributed by atoms with Gasteiger partial charge in [-0.05, 0) is 6.92 Å². The van der Waals surface area contributed by atoms with Gasteiger partial charge < -0.3 is 5.73 Å². The van der Waals surface area contributed by atoms with Gasteiger partial charge in [0.05, 0.1) is 0 Å². The van der Waals surface area contributed by atoms with Crippen molar-refractivity contribution >= 4 is 6.21 Å². The van der Waals surface area contributed by atoms with Gasteiger partial charge in [0.1, 0.15) is 0 Å². The van der Waals surface area contributed by atoms with Gasteiger partial charge >= 0.3 is 0 Å². The maximum absolute atomic E-state index is 5.25. The van der Waals surface area contributed by atoms with Crippen LogP contribution in [0.3, 0.4) is 0 Å². The fourth-order valence-corrected chi connectivity index (χ4v) is 0.221. The Morgan fingerprint density at radius 2 is 2.38 bits per heavy atom. The van der Waals surface area contributed by atoms with Crippen LogP contribution >= 0.6 is 0 Å². The van der Waals surface area contributed by atoms with E-state index < -0.39 is 0 Å². The predicted molar refractivity (Wildman–Crippen MR) is 36.6 cm³/mol. The smallest absolute Gasteiger partial charge is 0.0452 e. The maximum Gasteiger partial charge on any atom is 0.0452 e. The molecule has 2 heteroatoms. The van der Waals surface area contributed by atoms with Crippen molar-refractivity contribution in [2.24, 2.45) is 10.7 Å². The van der Waals surface area contributed by atoms with Gasteiger partial charge in [0.2, 0.25) is 0 Å². The Labute approximate surface area is 49.4 Å². The second-order valence-electron chi connectivity index (χ2n) is 1.41. The van der Waals surface area contributed by atoms with Crippen molar-refractivity contribution in [1.29, 1.82) is 0 Å². The topological polar surface area (TPSA) is 38.4 Å². The molecule has 0 radical (unpaired) electrons. The number of nitrogens with zero attached hydrogens (tertiary/aromatic N) is 1. The zero-order chi connectivity index (χ0) is 6.41. The van der Waals surface area contributed by atoms with Gasteiger partial charge in [0.25, 0.3) is 0 Å². The van der Waals surface area contributed by atoms with Crippen LogP contribution in [0, 0.1) is 0 Å². The Kier molecular flexibility index (Phi) is 3.58. The number of nitrogens with two attached hydrogens (primary N) is 1. The minimum Gasteiger partial charge on any atom is -0.401 e. The van der Waals surface area contributed by atoms with Crippen molar-refractivity contribution in [2.45, 2.75) is 6.92 Å². The molecule has 0 saturated heterocycles. The molecular weight excluding hydrogens is 100 g/mol. The van der Waals surface area contributed by atoms with Crippen molar-refractivity contribution in [3.63, 3.8) is 0 Å². The van der Waals surface area contributed by atoms with Crippen LogP contribution in [0.1, 0.15) is 6.92 Å². The van der Waals surface area contributed by atoms with Gasteiger partial charge in [-0.15, -0.1) is 0 Å². The molecule has 0 amide bonds. The standard InChI is InChI=1S/C6H10N2/c1-3-4-8-5-6(2)7/h3-5H,1,7H2,2H3/b6-5+,8-4?. The first-order valence-electron chi connectivity index (χ1n) is 2.34. The summed E-state index contributed by atoms with van der Waals surface area (Å²) in [5.74, 6) is 0. The number of hydrogen-bond donors (Lipinski definition) is 1. The third-order valence-corrected chi connectivity index (χ3v) is 0.470. The van der Waals surface area contributed by atoms with E-state index in [0.717, 1.165) is 0 Å².